The molecule has 5 heteroatoms. The highest BCUT2D eigenvalue weighted by molar-refractivity contribution is 5.88. The molecule has 0 atom stereocenters. The van der Waals surface area contributed by atoms with E-state index in [-0.39, 0.29) is 5.91 Å². The van der Waals surface area contributed by atoms with E-state index < -0.39 is 5.41 Å². The molecule has 1 aliphatic carbocycles. The summed E-state index contributed by atoms with van der Waals surface area (Å²) in [5.41, 5.74) is 2.13. The number of hydrogen-bond acceptors (Lipinski definition) is 3. The Morgan fingerprint density at radius 1 is 1.58 bits per heavy atom. The number of carbonyl (C=O) groups excluding carboxylic acids is 1. The lowest BCUT2D eigenvalue weighted by Gasteiger charge is -2.08. The van der Waals surface area contributed by atoms with Gasteiger partial charge in [-0.15, -0.1) is 0 Å². The fourth-order valence-corrected chi connectivity index (χ4v) is 2.16. The zero-order chi connectivity index (χ0) is 13.5. The Labute approximate surface area is 110 Å². The van der Waals surface area contributed by atoms with Crippen LogP contribution in [0.2, 0.25) is 0 Å². The monoisotopic (exact) mass is 254 g/mol. The van der Waals surface area contributed by atoms with Crippen LogP contribution in [0.25, 0.3) is 11.0 Å². The Bertz CT molecular complexity index is 691. The molecule has 1 aromatic carbocycles. The van der Waals surface area contributed by atoms with Crippen LogP contribution in [0.3, 0.4) is 0 Å². The van der Waals surface area contributed by atoms with E-state index in [2.05, 4.69) is 21.4 Å². The van der Waals surface area contributed by atoms with E-state index in [1.807, 2.05) is 25.1 Å². The summed E-state index contributed by atoms with van der Waals surface area (Å²) < 4.78 is 0. The maximum absolute atomic E-state index is 11.8. The second kappa shape index (κ2) is 4.09. The summed E-state index contributed by atoms with van der Waals surface area (Å²) in [7, 11) is 0. The summed E-state index contributed by atoms with van der Waals surface area (Å²) in [4.78, 5) is 19.3. The van der Waals surface area contributed by atoms with E-state index in [9.17, 15) is 4.79 Å². The molecule has 0 saturated heterocycles. The van der Waals surface area contributed by atoms with Crippen LogP contribution >= 0.6 is 0 Å². The van der Waals surface area contributed by atoms with Gasteiger partial charge in [-0.1, -0.05) is 6.07 Å². The average molecular weight is 254 g/mol. The van der Waals surface area contributed by atoms with E-state index in [0.29, 0.717) is 19.4 Å². The number of benzene rings is 1. The van der Waals surface area contributed by atoms with Crippen molar-refractivity contribution >= 4 is 16.9 Å². The fourth-order valence-electron chi connectivity index (χ4n) is 2.16. The number of nitrogens with zero attached hydrogens (tertiary/aromatic N) is 2. The van der Waals surface area contributed by atoms with Crippen molar-refractivity contribution in [2.24, 2.45) is 5.41 Å². The van der Waals surface area contributed by atoms with Crippen LogP contribution in [0.5, 0.6) is 0 Å². The second-order valence-corrected chi connectivity index (χ2v) is 5.05. The number of rotatable bonds is 3. The molecule has 1 amide bonds. The molecule has 0 unspecified atom stereocenters. The Hall–Kier alpha value is -2.35. The van der Waals surface area contributed by atoms with Crippen molar-refractivity contribution in [1.82, 2.24) is 15.3 Å². The number of aryl methyl sites for hydroxylation is 1. The van der Waals surface area contributed by atoms with Crippen LogP contribution in [-0.4, -0.2) is 15.9 Å². The van der Waals surface area contributed by atoms with Gasteiger partial charge in [0.25, 0.3) is 0 Å². The summed E-state index contributed by atoms with van der Waals surface area (Å²) in [6, 6.07) is 7.93. The first kappa shape index (κ1) is 11.7. The molecule has 19 heavy (non-hydrogen) atoms. The minimum atomic E-state index is -0.755. The molecule has 2 N–H and O–H groups in total. The molecule has 96 valence electrons. The molecule has 3 rings (SSSR count). The highest BCUT2D eigenvalue weighted by atomic mass is 16.2. The van der Waals surface area contributed by atoms with Crippen LogP contribution in [0.4, 0.5) is 0 Å². The van der Waals surface area contributed by atoms with Gasteiger partial charge < -0.3 is 10.3 Å². The summed E-state index contributed by atoms with van der Waals surface area (Å²) in [5, 5.41) is 11.8. The molecule has 1 saturated carbocycles. The molecule has 1 heterocycles. The maximum atomic E-state index is 11.8. The Kier molecular flexibility index (Phi) is 2.53. The van der Waals surface area contributed by atoms with Crippen LogP contribution in [0.1, 0.15) is 24.2 Å². The van der Waals surface area contributed by atoms with Gasteiger partial charge in [-0.25, -0.2) is 4.98 Å². The number of carbonyl (C=O) groups is 1. The van der Waals surface area contributed by atoms with Crippen molar-refractivity contribution in [2.75, 3.05) is 0 Å². The summed E-state index contributed by atoms with van der Waals surface area (Å²) in [5.74, 6) is 0.716. The normalized spacial score (nSPS) is 16.0. The van der Waals surface area contributed by atoms with Gasteiger partial charge >= 0.3 is 0 Å². The Morgan fingerprint density at radius 2 is 2.37 bits per heavy atom. The third-order valence-corrected chi connectivity index (χ3v) is 3.52. The van der Waals surface area contributed by atoms with Crippen molar-refractivity contribution in [3.8, 4) is 6.07 Å². The molecule has 1 fully saturated rings. The molecule has 5 nitrogen and oxygen atoms in total. The molecular formula is C14H14N4O. The van der Waals surface area contributed by atoms with Crippen molar-refractivity contribution in [3.63, 3.8) is 0 Å². The molecule has 0 spiro atoms. The number of aromatic amines is 1. The van der Waals surface area contributed by atoms with Gasteiger partial charge in [0, 0.05) is 6.54 Å². The molecule has 1 aromatic heterocycles. The van der Waals surface area contributed by atoms with Crippen LogP contribution in [0.15, 0.2) is 18.2 Å². The number of amides is 1. The van der Waals surface area contributed by atoms with E-state index >= 15 is 0 Å². The zero-order valence-corrected chi connectivity index (χ0v) is 10.7. The van der Waals surface area contributed by atoms with Gasteiger partial charge in [-0.3, -0.25) is 4.79 Å². The fraction of sp³-hybridized carbons (Fsp3) is 0.357. The molecule has 0 aliphatic heterocycles. The second-order valence-electron chi connectivity index (χ2n) is 5.05. The lowest BCUT2D eigenvalue weighted by atomic mass is 10.1. The minimum Gasteiger partial charge on any atom is -0.351 e. The first-order valence-corrected chi connectivity index (χ1v) is 6.28. The number of nitrogens with one attached hydrogen (secondary N) is 2. The number of aromatic nitrogens is 2. The predicted octanol–water partition coefficient (Wildman–Crippen LogP) is 1.79. The van der Waals surface area contributed by atoms with Crippen molar-refractivity contribution in [3.05, 3.63) is 29.6 Å². The van der Waals surface area contributed by atoms with Crippen molar-refractivity contribution in [1.29, 1.82) is 5.26 Å². The largest absolute Gasteiger partial charge is 0.351 e. The molecule has 1 aliphatic rings. The topological polar surface area (TPSA) is 81.6 Å². The maximum Gasteiger partial charge on any atom is 0.240 e. The smallest absolute Gasteiger partial charge is 0.240 e. The SMILES string of the molecule is Cc1nc2ccc(CNC(=O)C3(C#N)CC3)cc2[nH]1. The lowest BCUT2D eigenvalue weighted by Crippen LogP contribution is -2.30. The first-order chi connectivity index (χ1) is 9.13. The highest BCUT2D eigenvalue weighted by Crippen LogP contribution is 2.44. The van der Waals surface area contributed by atoms with E-state index in [1.54, 1.807) is 0 Å². The van der Waals surface area contributed by atoms with E-state index in [0.717, 1.165) is 22.4 Å². The molecule has 0 radical (unpaired) electrons. The Balaban J connectivity index is 1.72. The standard InChI is InChI=1S/C14H14N4O/c1-9-17-11-3-2-10(6-12(11)18-9)7-16-13(19)14(8-15)4-5-14/h2-3,6H,4-5,7H2,1H3,(H,16,19)(H,17,18). The number of fused-ring (bicyclic) bond motifs is 1. The number of imidazole rings is 1. The molecule has 2 aromatic rings. The van der Waals surface area contributed by atoms with Gasteiger partial charge in [-0.05, 0) is 37.5 Å². The molecule has 0 bridgehead atoms. The third-order valence-electron chi connectivity index (χ3n) is 3.52. The Morgan fingerprint density at radius 3 is 3.05 bits per heavy atom. The third kappa shape index (κ3) is 2.06. The average Bonchev–Trinajstić information content (AvgIpc) is 3.12. The first-order valence-electron chi connectivity index (χ1n) is 6.28. The molecular weight excluding hydrogens is 240 g/mol. The lowest BCUT2D eigenvalue weighted by molar-refractivity contribution is -0.124. The zero-order valence-electron chi connectivity index (χ0n) is 10.7. The van der Waals surface area contributed by atoms with Gasteiger partial charge in [0.1, 0.15) is 11.2 Å². The number of nitriles is 1. The van der Waals surface area contributed by atoms with Crippen molar-refractivity contribution < 1.29 is 4.79 Å². The van der Waals surface area contributed by atoms with Gasteiger partial charge in [0.2, 0.25) is 5.91 Å². The quantitative estimate of drug-likeness (QED) is 0.876. The van der Waals surface area contributed by atoms with Crippen LogP contribution in [0, 0.1) is 23.7 Å². The van der Waals surface area contributed by atoms with Gasteiger partial charge in [0.05, 0.1) is 17.1 Å². The summed E-state index contributed by atoms with van der Waals surface area (Å²) in [6.45, 7) is 2.35. The van der Waals surface area contributed by atoms with E-state index in [1.165, 1.54) is 0 Å². The van der Waals surface area contributed by atoms with Crippen LogP contribution in [-0.2, 0) is 11.3 Å². The number of H-pyrrole nitrogens is 1. The number of hydrogen-bond donors (Lipinski definition) is 2. The van der Waals surface area contributed by atoms with E-state index in [4.69, 9.17) is 5.26 Å². The minimum absolute atomic E-state index is 0.157. The van der Waals surface area contributed by atoms with Crippen molar-refractivity contribution in [2.45, 2.75) is 26.3 Å². The van der Waals surface area contributed by atoms with Gasteiger partial charge in [0.15, 0.2) is 0 Å². The predicted molar refractivity (Wildman–Crippen MR) is 70.0 cm³/mol. The highest BCUT2D eigenvalue weighted by Gasteiger charge is 2.50. The van der Waals surface area contributed by atoms with Gasteiger partial charge in [-0.2, -0.15) is 5.26 Å². The summed E-state index contributed by atoms with van der Waals surface area (Å²) >= 11 is 0. The summed E-state index contributed by atoms with van der Waals surface area (Å²) in [6.07, 6.45) is 1.35. The van der Waals surface area contributed by atoms with Crippen LogP contribution < -0.4 is 5.32 Å².